The van der Waals surface area contributed by atoms with Gasteiger partial charge in [0.05, 0.1) is 17.3 Å². The highest BCUT2D eigenvalue weighted by Gasteiger charge is 2.30. The minimum atomic E-state index is -0.812. The molecule has 0 amide bonds. The molecule has 0 radical (unpaired) electrons. The number of esters is 1. The van der Waals surface area contributed by atoms with E-state index in [0.717, 1.165) is 59.7 Å². The lowest BCUT2D eigenvalue weighted by Gasteiger charge is -2.25. The molecule has 0 saturated carbocycles. The highest BCUT2D eigenvalue weighted by molar-refractivity contribution is 5.98. The van der Waals surface area contributed by atoms with Gasteiger partial charge >= 0.3 is 5.97 Å². The fraction of sp³-hybridized carbons (Fsp3) is 0.500. The average molecular weight is 483 g/mol. The van der Waals surface area contributed by atoms with E-state index in [1.807, 2.05) is 43.8 Å². The Labute approximate surface area is 204 Å². The van der Waals surface area contributed by atoms with Crippen LogP contribution in [0, 0.1) is 11.6 Å². The van der Waals surface area contributed by atoms with Gasteiger partial charge in [-0.05, 0) is 113 Å². The van der Waals surface area contributed by atoms with Crippen molar-refractivity contribution in [1.29, 1.82) is 0 Å². The van der Waals surface area contributed by atoms with E-state index in [2.05, 4.69) is 5.10 Å². The first-order valence-corrected chi connectivity index (χ1v) is 12.5. The molecule has 0 spiro atoms. The number of aromatic nitrogens is 2. The second-order valence-corrected chi connectivity index (χ2v) is 10.7. The molecule has 1 unspecified atom stereocenters. The molecule has 1 atom stereocenters. The van der Waals surface area contributed by atoms with Crippen LogP contribution in [0.15, 0.2) is 30.5 Å². The number of rotatable bonds is 3. The lowest BCUT2D eigenvalue weighted by atomic mass is 9.85. The van der Waals surface area contributed by atoms with E-state index in [4.69, 9.17) is 9.47 Å². The van der Waals surface area contributed by atoms with Gasteiger partial charge in [-0.3, -0.25) is 0 Å². The number of nitrogens with zero attached hydrogens (tertiary/aromatic N) is 2. The number of aryl methyl sites for hydroxylation is 2. The Morgan fingerprint density at radius 3 is 2.34 bits per heavy atom. The molecular formula is C28H32F2N2O3. The number of hydrogen-bond donors (Lipinski definition) is 0. The highest BCUT2D eigenvalue weighted by Crippen LogP contribution is 2.39. The van der Waals surface area contributed by atoms with Crippen molar-refractivity contribution in [3.05, 3.63) is 64.4 Å². The predicted molar refractivity (Wildman–Crippen MR) is 129 cm³/mol. The molecule has 2 aliphatic rings. The van der Waals surface area contributed by atoms with Crippen molar-refractivity contribution in [2.75, 3.05) is 6.61 Å². The third-order valence-electron chi connectivity index (χ3n) is 7.04. The molecule has 1 aromatic heterocycles. The highest BCUT2D eigenvalue weighted by atomic mass is 19.2. The largest absolute Gasteiger partial charge is 0.456 e. The summed E-state index contributed by atoms with van der Waals surface area (Å²) >= 11 is 0. The van der Waals surface area contributed by atoms with Crippen molar-refractivity contribution in [2.45, 2.75) is 83.5 Å². The van der Waals surface area contributed by atoms with Crippen LogP contribution in [0.2, 0.25) is 0 Å². The van der Waals surface area contributed by atoms with Gasteiger partial charge in [0, 0.05) is 12.0 Å². The van der Waals surface area contributed by atoms with Crippen LogP contribution in [0.1, 0.15) is 92.1 Å². The topological polar surface area (TPSA) is 53.3 Å². The van der Waals surface area contributed by atoms with E-state index in [9.17, 15) is 13.6 Å². The zero-order chi connectivity index (χ0) is 24.7. The Hall–Kier alpha value is -2.80. The van der Waals surface area contributed by atoms with Crippen molar-refractivity contribution in [3.63, 3.8) is 0 Å². The maximum atomic E-state index is 13.9. The zero-order valence-electron chi connectivity index (χ0n) is 20.6. The minimum absolute atomic E-state index is 0.0182. The number of ether oxygens (including phenoxy) is 2. The summed E-state index contributed by atoms with van der Waals surface area (Å²) in [6.45, 7) is 6.27. The molecule has 1 fully saturated rings. The van der Waals surface area contributed by atoms with Crippen LogP contribution in [0.3, 0.4) is 0 Å². The molecule has 1 aliphatic heterocycles. The summed E-state index contributed by atoms with van der Waals surface area (Å²) in [5, 5.41) is 5.59. The Morgan fingerprint density at radius 2 is 1.74 bits per heavy atom. The second kappa shape index (κ2) is 9.34. The number of hydrogen-bond acceptors (Lipinski definition) is 4. The second-order valence-electron chi connectivity index (χ2n) is 10.7. The molecule has 1 saturated heterocycles. The molecule has 186 valence electrons. The number of fused-ring (bicyclic) bond motifs is 2. The Bertz CT molecular complexity index is 1220. The number of carbonyl (C=O) groups is 1. The smallest absolute Gasteiger partial charge is 0.338 e. The number of halogens is 2. The van der Waals surface area contributed by atoms with Crippen molar-refractivity contribution in [2.24, 2.45) is 0 Å². The maximum Gasteiger partial charge on any atom is 0.338 e. The zero-order valence-corrected chi connectivity index (χ0v) is 20.6. The number of carbonyl (C=O) groups excluding carboxylic acids is 1. The summed E-state index contributed by atoms with van der Waals surface area (Å²) in [4.78, 5) is 13.3. The molecule has 2 heterocycles. The molecule has 0 N–H and O–H groups in total. The van der Waals surface area contributed by atoms with Gasteiger partial charge in [0.25, 0.3) is 0 Å². The van der Waals surface area contributed by atoms with Gasteiger partial charge in [-0.25, -0.2) is 18.3 Å². The molecule has 5 rings (SSSR count). The third kappa shape index (κ3) is 4.83. The van der Waals surface area contributed by atoms with Gasteiger partial charge < -0.3 is 9.47 Å². The Kier molecular flexibility index (Phi) is 6.38. The summed E-state index contributed by atoms with van der Waals surface area (Å²) in [6, 6.07) is 6.41. The standard InChI is InChI=1S/C28H32F2N2O3/c1-28(2,3)35-27(33)20-11-12-24-21(16-31-32(24)25-6-4-5-13-34-25)26(20)17-7-9-18-14-22(29)23(30)15-19(18)10-8-17/h11-12,14-17,25H,4-10,13H2,1-3H3. The monoisotopic (exact) mass is 482 g/mol. The first-order chi connectivity index (χ1) is 16.7. The summed E-state index contributed by atoms with van der Waals surface area (Å²) in [7, 11) is 0. The fourth-order valence-electron chi connectivity index (χ4n) is 5.43. The van der Waals surface area contributed by atoms with Crippen molar-refractivity contribution >= 4 is 16.9 Å². The summed E-state index contributed by atoms with van der Waals surface area (Å²) in [6.07, 6.45) is 7.41. The molecule has 1 aliphatic carbocycles. The van der Waals surface area contributed by atoms with E-state index in [0.29, 0.717) is 25.0 Å². The quantitative estimate of drug-likeness (QED) is 0.311. The Morgan fingerprint density at radius 1 is 1.06 bits per heavy atom. The number of benzene rings is 2. The van der Waals surface area contributed by atoms with Gasteiger partial charge in [0.2, 0.25) is 0 Å². The van der Waals surface area contributed by atoms with Crippen molar-refractivity contribution in [3.8, 4) is 0 Å². The summed E-state index contributed by atoms with van der Waals surface area (Å²) in [5.41, 5.74) is 3.42. The van der Waals surface area contributed by atoms with Crippen LogP contribution < -0.4 is 0 Å². The maximum absolute atomic E-state index is 13.9. The first-order valence-electron chi connectivity index (χ1n) is 12.5. The SMILES string of the molecule is CC(C)(C)OC(=O)c1ccc2c(cnn2C2CCCCO2)c1C1CCc2cc(F)c(F)cc2CC1. The minimum Gasteiger partial charge on any atom is -0.456 e. The molecular weight excluding hydrogens is 450 g/mol. The van der Waals surface area contributed by atoms with Crippen LogP contribution in [0.5, 0.6) is 0 Å². The predicted octanol–water partition coefficient (Wildman–Crippen LogP) is 6.63. The Balaban J connectivity index is 1.57. The molecule has 35 heavy (non-hydrogen) atoms. The molecule has 0 bridgehead atoms. The van der Waals surface area contributed by atoms with E-state index in [1.54, 1.807) is 0 Å². The average Bonchev–Trinajstić information content (AvgIpc) is 3.15. The van der Waals surface area contributed by atoms with E-state index >= 15 is 0 Å². The molecule has 3 aromatic rings. The van der Waals surface area contributed by atoms with Crippen LogP contribution >= 0.6 is 0 Å². The van der Waals surface area contributed by atoms with E-state index in [-0.39, 0.29) is 18.1 Å². The molecule has 7 heteroatoms. The fourth-order valence-corrected chi connectivity index (χ4v) is 5.43. The van der Waals surface area contributed by atoms with E-state index < -0.39 is 17.2 Å². The normalized spacial score (nSPS) is 19.4. The van der Waals surface area contributed by atoms with Gasteiger partial charge in [-0.2, -0.15) is 5.10 Å². The van der Waals surface area contributed by atoms with Crippen LogP contribution in [0.4, 0.5) is 8.78 Å². The lowest BCUT2D eigenvalue weighted by molar-refractivity contribution is -0.0366. The van der Waals surface area contributed by atoms with Crippen LogP contribution in [-0.4, -0.2) is 28.0 Å². The molecule has 5 nitrogen and oxygen atoms in total. The van der Waals surface area contributed by atoms with Gasteiger partial charge in [0.1, 0.15) is 5.60 Å². The molecule has 2 aromatic carbocycles. The van der Waals surface area contributed by atoms with E-state index in [1.165, 1.54) is 12.1 Å². The third-order valence-corrected chi connectivity index (χ3v) is 7.04. The van der Waals surface area contributed by atoms with Crippen molar-refractivity contribution < 1.29 is 23.0 Å². The van der Waals surface area contributed by atoms with Gasteiger partial charge in [-0.1, -0.05) is 0 Å². The van der Waals surface area contributed by atoms with Crippen LogP contribution in [-0.2, 0) is 22.3 Å². The first kappa shape index (κ1) is 23.9. The van der Waals surface area contributed by atoms with Crippen LogP contribution in [0.25, 0.3) is 10.9 Å². The van der Waals surface area contributed by atoms with Gasteiger partial charge in [0.15, 0.2) is 17.9 Å². The summed E-state index contributed by atoms with van der Waals surface area (Å²) in [5.74, 6) is -1.97. The lowest BCUT2D eigenvalue weighted by Crippen LogP contribution is -2.25. The van der Waals surface area contributed by atoms with Crippen molar-refractivity contribution in [1.82, 2.24) is 9.78 Å². The van der Waals surface area contributed by atoms with Gasteiger partial charge in [-0.15, -0.1) is 0 Å². The summed E-state index contributed by atoms with van der Waals surface area (Å²) < 4.78 is 41.5.